The fraction of sp³-hybridized carbons (Fsp3) is 0. The Morgan fingerprint density at radius 2 is 1.12 bits per heavy atom. The molecule has 0 saturated carbocycles. The molecule has 16 heavy (non-hydrogen) atoms. The van der Waals surface area contributed by atoms with E-state index >= 15 is 0 Å². The maximum Gasteiger partial charge on any atom is 0.0555 e. The number of nitrogens with one attached hydrogen (secondary N) is 2. The Bertz CT molecular complexity index is 736. The fourth-order valence-corrected chi connectivity index (χ4v) is 2.55. The second-order valence-corrected chi connectivity index (χ2v) is 4.08. The van der Waals surface area contributed by atoms with E-state index in [1.54, 1.807) is 0 Å². The van der Waals surface area contributed by atoms with Gasteiger partial charge in [0.2, 0.25) is 0 Å². The van der Waals surface area contributed by atoms with E-state index in [1.165, 1.54) is 32.6 Å². The summed E-state index contributed by atoms with van der Waals surface area (Å²) in [6.07, 6.45) is 4.00. The second kappa shape index (κ2) is 2.67. The van der Waals surface area contributed by atoms with Crippen LogP contribution in [0.25, 0.3) is 32.6 Å². The molecule has 76 valence electrons. The summed E-state index contributed by atoms with van der Waals surface area (Å²) in [6, 6.07) is 12.8. The molecule has 0 aliphatic heterocycles. The van der Waals surface area contributed by atoms with E-state index < -0.39 is 0 Å². The summed E-state index contributed by atoms with van der Waals surface area (Å²) in [5, 5.41) is 5.14. The van der Waals surface area contributed by atoms with Crippen LogP contribution in [0.1, 0.15) is 0 Å². The van der Waals surface area contributed by atoms with Crippen LogP contribution in [-0.4, -0.2) is 9.97 Å². The highest BCUT2D eigenvalue weighted by Gasteiger charge is 2.08. The lowest BCUT2D eigenvalue weighted by Gasteiger charge is -2.02. The molecular formula is C14H10N2. The summed E-state index contributed by atoms with van der Waals surface area (Å²) in [5.74, 6) is 0. The van der Waals surface area contributed by atoms with Gasteiger partial charge < -0.3 is 9.97 Å². The van der Waals surface area contributed by atoms with Crippen molar-refractivity contribution in [2.45, 2.75) is 0 Å². The van der Waals surface area contributed by atoms with Gasteiger partial charge in [-0.15, -0.1) is 0 Å². The zero-order valence-electron chi connectivity index (χ0n) is 8.62. The first-order valence-electron chi connectivity index (χ1n) is 5.40. The Morgan fingerprint density at radius 3 is 1.88 bits per heavy atom. The smallest absolute Gasteiger partial charge is 0.0555 e. The zero-order valence-corrected chi connectivity index (χ0v) is 8.62. The highest BCUT2D eigenvalue weighted by atomic mass is 14.7. The first kappa shape index (κ1) is 7.99. The van der Waals surface area contributed by atoms with Crippen molar-refractivity contribution in [3.8, 4) is 0 Å². The molecule has 0 aliphatic carbocycles. The SMILES string of the molecule is c1ccc2c(c1)c1cc[nH]c1c1cc[nH]c21. The first-order valence-corrected chi connectivity index (χ1v) is 5.40. The molecule has 2 nitrogen and oxygen atoms in total. The Morgan fingerprint density at radius 1 is 0.562 bits per heavy atom. The van der Waals surface area contributed by atoms with Crippen molar-refractivity contribution in [3.05, 3.63) is 48.8 Å². The Labute approximate surface area is 91.9 Å². The number of aromatic nitrogens is 2. The minimum Gasteiger partial charge on any atom is -0.361 e. The van der Waals surface area contributed by atoms with E-state index in [1.807, 2.05) is 12.4 Å². The van der Waals surface area contributed by atoms with Gasteiger partial charge in [-0.25, -0.2) is 0 Å². The molecule has 0 unspecified atom stereocenters. The van der Waals surface area contributed by atoms with Crippen molar-refractivity contribution in [1.82, 2.24) is 9.97 Å². The van der Waals surface area contributed by atoms with Crippen LogP contribution in [0.15, 0.2) is 48.8 Å². The lowest BCUT2D eigenvalue weighted by Crippen LogP contribution is -1.78. The highest BCUT2D eigenvalue weighted by molar-refractivity contribution is 6.23. The molecule has 0 amide bonds. The minimum absolute atomic E-state index is 1.21. The third-order valence-electron chi connectivity index (χ3n) is 3.25. The molecule has 0 aliphatic rings. The maximum absolute atomic E-state index is 3.32. The van der Waals surface area contributed by atoms with Crippen LogP contribution in [0.4, 0.5) is 0 Å². The van der Waals surface area contributed by atoms with Gasteiger partial charge in [0.25, 0.3) is 0 Å². The fourth-order valence-electron chi connectivity index (χ4n) is 2.55. The van der Waals surface area contributed by atoms with Gasteiger partial charge in [-0.1, -0.05) is 24.3 Å². The molecule has 0 bridgehead atoms. The normalized spacial score (nSPS) is 11.8. The molecular weight excluding hydrogens is 196 g/mol. The third kappa shape index (κ3) is 0.823. The maximum atomic E-state index is 3.32. The minimum atomic E-state index is 1.21. The summed E-state index contributed by atoms with van der Waals surface area (Å²) >= 11 is 0. The quantitative estimate of drug-likeness (QED) is 0.438. The lowest BCUT2D eigenvalue weighted by molar-refractivity contribution is 1.49. The van der Waals surface area contributed by atoms with Crippen molar-refractivity contribution in [2.75, 3.05) is 0 Å². The molecule has 4 rings (SSSR count). The summed E-state index contributed by atoms with van der Waals surface area (Å²) in [6.45, 7) is 0. The van der Waals surface area contributed by atoms with Gasteiger partial charge in [0, 0.05) is 28.6 Å². The van der Waals surface area contributed by atoms with Crippen LogP contribution in [-0.2, 0) is 0 Å². The van der Waals surface area contributed by atoms with Gasteiger partial charge in [0.1, 0.15) is 0 Å². The summed E-state index contributed by atoms with van der Waals surface area (Å²) in [4.78, 5) is 6.65. The van der Waals surface area contributed by atoms with E-state index in [9.17, 15) is 0 Å². The van der Waals surface area contributed by atoms with Crippen LogP contribution < -0.4 is 0 Å². The molecule has 0 saturated heterocycles. The largest absolute Gasteiger partial charge is 0.361 e. The van der Waals surface area contributed by atoms with Gasteiger partial charge in [0.15, 0.2) is 0 Å². The van der Waals surface area contributed by atoms with Crippen molar-refractivity contribution >= 4 is 32.6 Å². The number of aromatic amines is 2. The zero-order chi connectivity index (χ0) is 10.5. The number of fused-ring (bicyclic) bond motifs is 6. The lowest BCUT2D eigenvalue weighted by atomic mass is 10.0. The molecule has 4 aromatic rings. The highest BCUT2D eigenvalue weighted by Crippen LogP contribution is 2.33. The number of hydrogen-bond donors (Lipinski definition) is 2. The van der Waals surface area contributed by atoms with Crippen LogP contribution >= 0.6 is 0 Å². The predicted octanol–water partition coefficient (Wildman–Crippen LogP) is 3.80. The Balaban J connectivity index is 2.51. The molecule has 0 atom stereocenters. The van der Waals surface area contributed by atoms with Crippen LogP contribution in [0.3, 0.4) is 0 Å². The van der Waals surface area contributed by atoms with Gasteiger partial charge in [-0.05, 0) is 17.5 Å². The van der Waals surface area contributed by atoms with Crippen molar-refractivity contribution in [3.63, 3.8) is 0 Å². The number of benzene rings is 2. The molecule has 2 aromatic carbocycles. The molecule has 2 heteroatoms. The number of rotatable bonds is 0. The van der Waals surface area contributed by atoms with E-state index in [-0.39, 0.29) is 0 Å². The number of hydrogen-bond acceptors (Lipinski definition) is 0. The van der Waals surface area contributed by atoms with Gasteiger partial charge in [-0.2, -0.15) is 0 Å². The van der Waals surface area contributed by atoms with Crippen molar-refractivity contribution in [2.24, 2.45) is 0 Å². The van der Waals surface area contributed by atoms with E-state index in [2.05, 4.69) is 46.4 Å². The predicted molar refractivity (Wildman–Crippen MR) is 67.7 cm³/mol. The first-order chi connectivity index (χ1) is 7.95. The summed E-state index contributed by atoms with van der Waals surface area (Å²) < 4.78 is 0. The van der Waals surface area contributed by atoms with Crippen LogP contribution in [0.2, 0.25) is 0 Å². The topological polar surface area (TPSA) is 31.6 Å². The molecule has 2 aromatic heterocycles. The van der Waals surface area contributed by atoms with E-state index in [0.717, 1.165) is 0 Å². The molecule has 2 heterocycles. The van der Waals surface area contributed by atoms with E-state index in [4.69, 9.17) is 0 Å². The average Bonchev–Trinajstić information content (AvgIpc) is 2.98. The van der Waals surface area contributed by atoms with Gasteiger partial charge in [-0.3, -0.25) is 0 Å². The summed E-state index contributed by atoms with van der Waals surface area (Å²) in [5.41, 5.74) is 2.43. The molecule has 0 radical (unpaired) electrons. The van der Waals surface area contributed by atoms with Gasteiger partial charge >= 0.3 is 0 Å². The summed E-state index contributed by atoms with van der Waals surface area (Å²) in [7, 11) is 0. The monoisotopic (exact) mass is 206 g/mol. The van der Waals surface area contributed by atoms with Crippen LogP contribution in [0, 0.1) is 0 Å². The molecule has 0 fully saturated rings. The van der Waals surface area contributed by atoms with Crippen molar-refractivity contribution in [1.29, 1.82) is 0 Å². The Kier molecular flexibility index (Phi) is 1.33. The molecule has 0 spiro atoms. The van der Waals surface area contributed by atoms with Crippen LogP contribution in [0.5, 0.6) is 0 Å². The van der Waals surface area contributed by atoms with Crippen molar-refractivity contribution < 1.29 is 0 Å². The molecule has 2 N–H and O–H groups in total. The van der Waals surface area contributed by atoms with E-state index in [0.29, 0.717) is 0 Å². The third-order valence-corrected chi connectivity index (χ3v) is 3.25. The number of H-pyrrole nitrogens is 2. The average molecular weight is 206 g/mol. The standard InChI is InChI=1S/C14H10N2/c1-2-4-10-9(3-1)11-5-7-15-14(11)12-6-8-16-13(10)12/h1-8,15-16H. The second-order valence-electron chi connectivity index (χ2n) is 4.08. The Hall–Kier alpha value is -2.22. The van der Waals surface area contributed by atoms with Gasteiger partial charge in [0.05, 0.1) is 11.0 Å².